The summed E-state index contributed by atoms with van der Waals surface area (Å²) in [5.41, 5.74) is 2.06. The van der Waals surface area contributed by atoms with Crippen molar-refractivity contribution in [1.82, 2.24) is 19.5 Å². The zero-order chi connectivity index (χ0) is 29.8. The van der Waals surface area contributed by atoms with Crippen LogP contribution in [0.3, 0.4) is 0 Å². The molecule has 0 amide bonds. The topological polar surface area (TPSA) is 80.6 Å². The van der Waals surface area contributed by atoms with E-state index in [4.69, 9.17) is 10.7 Å². The van der Waals surface area contributed by atoms with E-state index in [2.05, 4.69) is 96.9 Å². The lowest BCUT2D eigenvalue weighted by Gasteiger charge is -2.01. The predicted molar refractivity (Wildman–Crippen MR) is 193 cm³/mol. The molecule has 0 aliphatic rings. The molecule has 0 saturated heterocycles. The van der Waals surface area contributed by atoms with Crippen molar-refractivity contribution in [2.24, 2.45) is 7.05 Å². The second-order valence-corrected chi connectivity index (χ2v) is 16.2. The van der Waals surface area contributed by atoms with Crippen molar-refractivity contribution >= 4 is 111 Å². The molecule has 0 atom stereocenters. The number of pyridine rings is 2. The number of aromatic amines is 1. The standard InChI is InChI=1S/C12H15IN2S.C11H13IN2S.C6H5ClO2S/c1-3-4-5-16-9-6-10-11(13)8-15(2)12(10)14-7-9;1-2-3-4-15-8-5-9-10(12)7-14-11(9)13-6-8;7-10(8,9)6-4-2-1-3-5-6/h6-8H,3-5H2,1-2H3;5-7H,2-4H2,1H3,(H,13,14);1-5H. The van der Waals surface area contributed by atoms with Gasteiger partial charge in [0.1, 0.15) is 11.3 Å². The van der Waals surface area contributed by atoms with Crippen molar-refractivity contribution in [1.29, 1.82) is 0 Å². The van der Waals surface area contributed by atoms with Crippen molar-refractivity contribution < 1.29 is 8.42 Å². The lowest BCUT2D eigenvalue weighted by molar-refractivity contribution is 0.609. The molecule has 0 unspecified atom stereocenters. The van der Waals surface area contributed by atoms with E-state index in [1.807, 2.05) is 49.2 Å². The van der Waals surface area contributed by atoms with E-state index >= 15 is 0 Å². The van der Waals surface area contributed by atoms with E-state index in [1.165, 1.54) is 77.0 Å². The molecule has 41 heavy (non-hydrogen) atoms. The first-order chi connectivity index (χ1) is 19.6. The van der Waals surface area contributed by atoms with E-state index < -0.39 is 9.05 Å². The number of thioether (sulfide) groups is 2. The van der Waals surface area contributed by atoms with E-state index in [9.17, 15) is 8.42 Å². The van der Waals surface area contributed by atoms with Gasteiger partial charge in [0.2, 0.25) is 0 Å². The number of H-pyrrole nitrogens is 1. The summed E-state index contributed by atoms with van der Waals surface area (Å²) >= 11 is 8.50. The Kier molecular flexibility index (Phi) is 14.6. The molecule has 6 nitrogen and oxygen atoms in total. The van der Waals surface area contributed by atoms with Crippen LogP contribution in [0.1, 0.15) is 39.5 Å². The maximum atomic E-state index is 10.6. The fourth-order valence-corrected chi connectivity index (χ4v) is 7.72. The van der Waals surface area contributed by atoms with Crippen LogP contribution in [0.5, 0.6) is 0 Å². The van der Waals surface area contributed by atoms with Crippen LogP contribution in [0.4, 0.5) is 0 Å². The fraction of sp³-hybridized carbons (Fsp3) is 0.310. The highest BCUT2D eigenvalue weighted by Gasteiger charge is 2.07. The number of fused-ring (bicyclic) bond motifs is 2. The second kappa shape index (κ2) is 17.3. The minimum atomic E-state index is -3.53. The van der Waals surface area contributed by atoms with Crippen LogP contribution in [-0.4, -0.2) is 39.4 Å². The molecule has 4 aromatic heterocycles. The summed E-state index contributed by atoms with van der Waals surface area (Å²) in [4.78, 5) is 14.8. The summed E-state index contributed by atoms with van der Waals surface area (Å²) in [6.45, 7) is 4.44. The molecule has 0 aliphatic heterocycles. The molecule has 220 valence electrons. The molecule has 1 aromatic carbocycles. The summed E-state index contributed by atoms with van der Waals surface area (Å²) in [7, 11) is 3.54. The first kappa shape index (κ1) is 34.5. The Morgan fingerprint density at radius 2 is 1.49 bits per heavy atom. The van der Waals surface area contributed by atoms with Gasteiger partial charge >= 0.3 is 0 Å². The lowest BCUT2D eigenvalue weighted by atomic mass is 10.3. The van der Waals surface area contributed by atoms with Gasteiger partial charge in [0, 0.05) is 70.2 Å². The molecule has 0 fully saturated rings. The average molecular weight is 855 g/mol. The Hall–Kier alpha value is -1.00. The minimum Gasteiger partial charge on any atom is -0.345 e. The van der Waals surface area contributed by atoms with E-state index in [-0.39, 0.29) is 4.90 Å². The third kappa shape index (κ3) is 10.9. The number of aromatic nitrogens is 4. The predicted octanol–water partition coefficient (Wildman–Crippen LogP) is 9.74. The zero-order valence-electron chi connectivity index (χ0n) is 23.1. The van der Waals surface area contributed by atoms with Gasteiger partial charge in [0.15, 0.2) is 0 Å². The van der Waals surface area contributed by atoms with Crippen LogP contribution in [0.25, 0.3) is 22.1 Å². The molecule has 5 rings (SSSR count). The van der Waals surface area contributed by atoms with Crippen molar-refractivity contribution in [3.8, 4) is 0 Å². The van der Waals surface area contributed by atoms with Crippen molar-refractivity contribution in [2.75, 3.05) is 11.5 Å². The Balaban J connectivity index is 0.000000174. The molecule has 0 radical (unpaired) electrons. The summed E-state index contributed by atoms with van der Waals surface area (Å²) in [5, 5.41) is 2.50. The van der Waals surface area contributed by atoms with E-state index in [0.29, 0.717) is 0 Å². The van der Waals surface area contributed by atoms with Gasteiger partial charge in [0.05, 0.1) is 4.90 Å². The number of nitrogens with one attached hydrogen (secondary N) is 1. The maximum absolute atomic E-state index is 10.6. The molecule has 0 bridgehead atoms. The molecule has 1 N–H and O–H groups in total. The minimum absolute atomic E-state index is 0.136. The Bertz CT molecular complexity index is 1640. The van der Waals surface area contributed by atoms with Gasteiger partial charge in [-0.1, -0.05) is 44.9 Å². The molecule has 12 heteroatoms. The maximum Gasteiger partial charge on any atom is 0.261 e. The van der Waals surface area contributed by atoms with Crippen molar-refractivity contribution in [3.05, 3.63) is 74.4 Å². The van der Waals surface area contributed by atoms with Gasteiger partial charge in [-0.25, -0.2) is 18.4 Å². The number of aryl methyl sites for hydroxylation is 1. The highest BCUT2D eigenvalue weighted by molar-refractivity contribution is 14.1. The summed E-state index contributed by atoms with van der Waals surface area (Å²) in [6, 6.07) is 12.3. The lowest BCUT2D eigenvalue weighted by Crippen LogP contribution is -1.87. The van der Waals surface area contributed by atoms with Gasteiger partial charge in [-0.2, -0.15) is 0 Å². The number of unbranched alkanes of at least 4 members (excludes halogenated alkanes) is 2. The number of rotatable bonds is 9. The summed E-state index contributed by atoms with van der Waals surface area (Å²) in [6.07, 6.45) is 13.1. The van der Waals surface area contributed by atoms with Gasteiger partial charge in [-0.05, 0) is 93.8 Å². The molecule has 0 saturated carbocycles. The second-order valence-electron chi connectivity index (χ2n) is 8.99. The van der Waals surface area contributed by atoms with Gasteiger partial charge in [-0.15, -0.1) is 23.5 Å². The first-order valence-electron chi connectivity index (χ1n) is 13.1. The molecule has 0 aliphatic carbocycles. The zero-order valence-corrected chi connectivity index (χ0v) is 30.6. The normalized spacial score (nSPS) is 11.2. The van der Waals surface area contributed by atoms with Crippen LogP contribution >= 0.6 is 79.4 Å². The fourth-order valence-electron chi connectivity index (χ4n) is 3.56. The van der Waals surface area contributed by atoms with E-state index in [1.54, 1.807) is 18.2 Å². The Morgan fingerprint density at radius 3 is 2.05 bits per heavy atom. The number of hydrogen-bond acceptors (Lipinski definition) is 6. The van der Waals surface area contributed by atoms with Gasteiger partial charge in [0.25, 0.3) is 9.05 Å². The summed E-state index contributed by atoms with van der Waals surface area (Å²) in [5.74, 6) is 2.37. The Morgan fingerprint density at radius 1 is 0.902 bits per heavy atom. The van der Waals surface area contributed by atoms with Crippen molar-refractivity contribution in [3.63, 3.8) is 0 Å². The molecular formula is C29H33ClI2N4O2S3. The largest absolute Gasteiger partial charge is 0.345 e. The highest BCUT2D eigenvalue weighted by atomic mass is 127. The number of hydrogen-bond donors (Lipinski definition) is 1. The third-order valence-corrected chi connectivity index (χ3v) is 11.0. The number of nitrogens with zero attached hydrogens (tertiary/aromatic N) is 3. The van der Waals surface area contributed by atoms with Crippen LogP contribution in [-0.2, 0) is 16.1 Å². The van der Waals surface area contributed by atoms with Gasteiger partial charge < -0.3 is 9.55 Å². The first-order valence-corrected chi connectivity index (χ1v) is 19.6. The molecule has 4 heterocycles. The SMILES string of the molecule is CCCCSc1cnc2[nH]cc(I)c2c1.CCCCSc1cnc2c(c1)c(I)cn2C.O=S(=O)(Cl)c1ccccc1. The van der Waals surface area contributed by atoms with Crippen LogP contribution in [0.2, 0.25) is 0 Å². The smallest absolute Gasteiger partial charge is 0.261 e. The molecule has 5 aromatic rings. The highest BCUT2D eigenvalue weighted by Crippen LogP contribution is 2.27. The quantitative estimate of drug-likeness (QED) is 0.0689. The Labute approximate surface area is 282 Å². The third-order valence-electron chi connectivity index (χ3n) is 5.75. The number of benzene rings is 1. The van der Waals surface area contributed by atoms with Crippen LogP contribution in [0, 0.1) is 7.14 Å². The molecule has 0 spiro atoms. The van der Waals surface area contributed by atoms with Crippen LogP contribution in [0.15, 0.2) is 81.9 Å². The molecular weight excluding hydrogens is 822 g/mol. The van der Waals surface area contributed by atoms with Gasteiger partial charge in [-0.3, -0.25) is 0 Å². The van der Waals surface area contributed by atoms with E-state index in [0.717, 1.165) is 11.3 Å². The summed E-state index contributed by atoms with van der Waals surface area (Å²) < 4.78 is 25.8. The van der Waals surface area contributed by atoms with Crippen LogP contribution < -0.4 is 0 Å². The monoisotopic (exact) mass is 854 g/mol. The van der Waals surface area contributed by atoms with Crippen molar-refractivity contribution in [2.45, 2.75) is 54.2 Å². The average Bonchev–Trinajstić information content (AvgIpc) is 3.47. The number of halogens is 3.